The van der Waals surface area contributed by atoms with Crippen LogP contribution in [-0.4, -0.2) is 43.3 Å². The number of nitrogens with one attached hydrogen (secondary N) is 1. The lowest BCUT2D eigenvalue weighted by Crippen LogP contribution is -2.55. The highest BCUT2D eigenvalue weighted by Gasteiger charge is 2.34. The van der Waals surface area contributed by atoms with Crippen molar-refractivity contribution in [3.63, 3.8) is 0 Å². The second kappa shape index (κ2) is 13.3. The van der Waals surface area contributed by atoms with Gasteiger partial charge in [0.15, 0.2) is 0 Å². The fourth-order valence-electron chi connectivity index (χ4n) is 4.27. The molecule has 3 aromatic rings. The third-order valence-corrected chi connectivity index (χ3v) is 8.96. The smallest absolute Gasteiger partial charge is 0.264 e. The molecule has 0 bridgehead atoms. The van der Waals surface area contributed by atoms with E-state index < -0.39 is 34.1 Å². The van der Waals surface area contributed by atoms with Crippen LogP contribution in [0.25, 0.3) is 0 Å². The fourth-order valence-corrected chi connectivity index (χ4v) is 5.97. The van der Waals surface area contributed by atoms with Crippen LogP contribution in [0, 0.1) is 13.8 Å². The van der Waals surface area contributed by atoms with Crippen LogP contribution in [0.5, 0.6) is 0 Å². The van der Waals surface area contributed by atoms with Gasteiger partial charge in [-0.25, -0.2) is 8.42 Å². The summed E-state index contributed by atoms with van der Waals surface area (Å²) < 4.78 is 28.9. The van der Waals surface area contributed by atoms with E-state index in [1.807, 2.05) is 65.8 Å². The van der Waals surface area contributed by atoms with Crippen LogP contribution in [0.15, 0.2) is 71.6 Å². The summed E-state index contributed by atoms with van der Waals surface area (Å²) in [5.41, 5.74) is 2.41. The maximum atomic E-state index is 14.1. The standard InChI is InChI=1S/C31H37Cl2N3O4S/c1-7-28(30(38)34-31(4,5)6)35(19-23-12-8-21(2)9-13-23)29(37)20-36(24-14-17-26(32)27(33)18-24)41(39,40)25-15-10-22(3)11-16-25/h8-18,28H,7,19-20H2,1-6H3,(H,34,38)/t28-/m0/s1. The van der Waals surface area contributed by atoms with Gasteiger partial charge in [0, 0.05) is 12.1 Å². The van der Waals surface area contributed by atoms with E-state index in [1.54, 1.807) is 12.1 Å². The van der Waals surface area contributed by atoms with Gasteiger partial charge in [-0.15, -0.1) is 0 Å². The number of carbonyl (C=O) groups is 2. The predicted molar refractivity (Wildman–Crippen MR) is 166 cm³/mol. The number of aryl methyl sites for hydroxylation is 2. The molecule has 0 unspecified atom stereocenters. The summed E-state index contributed by atoms with van der Waals surface area (Å²) in [7, 11) is -4.21. The molecular weight excluding hydrogens is 581 g/mol. The van der Waals surface area contributed by atoms with Crippen LogP contribution in [0.1, 0.15) is 50.8 Å². The number of rotatable bonds is 10. The molecule has 0 aliphatic rings. The number of halogens is 2. The number of benzene rings is 3. The van der Waals surface area contributed by atoms with Crippen molar-refractivity contribution in [3.05, 3.63) is 93.5 Å². The van der Waals surface area contributed by atoms with Crippen LogP contribution < -0.4 is 9.62 Å². The third kappa shape index (κ3) is 8.47. The van der Waals surface area contributed by atoms with Crippen molar-refractivity contribution in [3.8, 4) is 0 Å². The molecule has 0 fully saturated rings. The monoisotopic (exact) mass is 617 g/mol. The molecule has 1 N–H and O–H groups in total. The molecule has 0 spiro atoms. The van der Waals surface area contributed by atoms with Gasteiger partial charge in [-0.05, 0) is 76.9 Å². The lowest BCUT2D eigenvalue weighted by molar-refractivity contribution is -0.141. The number of sulfonamides is 1. The van der Waals surface area contributed by atoms with Crippen LogP contribution in [0.2, 0.25) is 10.0 Å². The minimum Gasteiger partial charge on any atom is -0.350 e. The van der Waals surface area contributed by atoms with Crippen molar-refractivity contribution < 1.29 is 18.0 Å². The second-order valence-electron chi connectivity index (χ2n) is 11.1. The Hall–Kier alpha value is -3.07. The summed E-state index contributed by atoms with van der Waals surface area (Å²) in [6, 6.07) is 17.6. The number of hydrogen-bond acceptors (Lipinski definition) is 4. The Morgan fingerprint density at radius 3 is 1.95 bits per heavy atom. The minimum atomic E-state index is -4.21. The zero-order chi connectivity index (χ0) is 30.5. The summed E-state index contributed by atoms with van der Waals surface area (Å²) >= 11 is 12.4. The fraction of sp³-hybridized carbons (Fsp3) is 0.355. The molecule has 10 heteroatoms. The van der Waals surface area contributed by atoms with Crippen LogP contribution >= 0.6 is 23.2 Å². The Morgan fingerprint density at radius 2 is 1.44 bits per heavy atom. The highest BCUT2D eigenvalue weighted by atomic mass is 35.5. The normalized spacial score (nSPS) is 12.5. The van der Waals surface area contributed by atoms with Crippen molar-refractivity contribution >= 4 is 50.7 Å². The maximum absolute atomic E-state index is 14.1. The summed E-state index contributed by atoms with van der Waals surface area (Å²) in [4.78, 5) is 29.0. The molecule has 0 saturated carbocycles. The van der Waals surface area contributed by atoms with Crippen molar-refractivity contribution in [1.82, 2.24) is 10.2 Å². The first kappa shape index (κ1) is 32.4. The Labute approximate surface area is 253 Å². The van der Waals surface area contributed by atoms with E-state index in [1.165, 1.54) is 35.2 Å². The van der Waals surface area contributed by atoms with Crippen molar-refractivity contribution in [1.29, 1.82) is 0 Å². The van der Waals surface area contributed by atoms with Gasteiger partial charge >= 0.3 is 0 Å². The molecule has 0 heterocycles. The van der Waals surface area contributed by atoms with E-state index in [4.69, 9.17) is 23.2 Å². The molecule has 7 nitrogen and oxygen atoms in total. The zero-order valence-corrected chi connectivity index (χ0v) is 26.6. The molecule has 0 aliphatic carbocycles. The van der Waals surface area contributed by atoms with Gasteiger partial charge in [-0.1, -0.05) is 77.7 Å². The molecule has 41 heavy (non-hydrogen) atoms. The number of amides is 2. The molecule has 3 rings (SSSR count). The number of nitrogens with zero attached hydrogens (tertiary/aromatic N) is 2. The Balaban J connectivity index is 2.09. The Morgan fingerprint density at radius 1 is 0.878 bits per heavy atom. The molecule has 220 valence electrons. The highest BCUT2D eigenvalue weighted by molar-refractivity contribution is 7.92. The largest absolute Gasteiger partial charge is 0.350 e. The van der Waals surface area contributed by atoms with E-state index in [-0.39, 0.29) is 33.1 Å². The Kier molecular flexibility index (Phi) is 10.5. The van der Waals surface area contributed by atoms with E-state index in [0.29, 0.717) is 6.42 Å². The molecule has 3 aromatic carbocycles. The summed E-state index contributed by atoms with van der Waals surface area (Å²) in [6.07, 6.45) is 0.330. The molecule has 0 saturated heterocycles. The second-order valence-corrected chi connectivity index (χ2v) is 13.8. The lowest BCUT2D eigenvalue weighted by Gasteiger charge is -2.34. The molecule has 0 aliphatic heterocycles. The maximum Gasteiger partial charge on any atom is 0.264 e. The number of carbonyl (C=O) groups excluding carboxylic acids is 2. The first-order valence-electron chi connectivity index (χ1n) is 13.3. The average Bonchev–Trinajstić information content (AvgIpc) is 2.89. The molecule has 0 aromatic heterocycles. The zero-order valence-electron chi connectivity index (χ0n) is 24.2. The van der Waals surface area contributed by atoms with Crippen molar-refractivity contribution in [2.45, 2.75) is 71.0 Å². The van der Waals surface area contributed by atoms with Crippen LogP contribution in [0.4, 0.5) is 5.69 Å². The quantitative estimate of drug-likeness (QED) is 0.280. The van der Waals surface area contributed by atoms with E-state index in [0.717, 1.165) is 21.0 Å². The first-order valence-corrected chi connectivity index (χ1v) is 15.5. The molecule has 2 amide bonds. The predicted octanol–water partition coefficient (Wildman–Crippen LogP) is 6.53. The molecule has 0 radical (unpaired) electrons. The first-order chi connectivity index (χ1) is 19.1. The van der Waals surface area contributed by atoms with Crippen LogP contribution in [0.3, 0.4) is 0 Å². The van der Waals surface area contributed by atoms with Crippen LogP contribution in [-0.2, 0) is 26.2 Å². The van der Waals surface area contributed by atoms with Gasteiger partial charge in [0.05, 0.1) is 20.6 Å². The lowest BCUT2D eigenvalue weighted by atomic mass is 10.1. The van der Waals surface area contributed by atoms with Gasteiger partial charge in [0.2, 0.25) is 11.8 Å². The summed E-state index contributed by atoms with van der Waals surface area (Å²) in [6.45, 7) is 10.8. The third-order valence-electron chi connectivity index (χ3n) is 6.44. The molecular formula is C31H37Cl2N3O4S. The topological polar surface area (TPSA) is 86.8 Å². The number of anilines is 1. The van der Waals surface area contributed by atoms with E-state index in [9.17, 15) is 18.0 Å². The summed E-state index contributed by atoms with van der Waals surface area (Å²) in [5, 5.41) is 3.36. The summed E-state index contributed by atoms with van der Waals surface area (Å²) in [5.74, 6) is -0.855. The average molecular weight is 619 g/mol. The van der Waals surface area contributed by atoms with Gasteiger partial charge in [-0.2, -0.15) is 0 Å². The number of hydrogen-bond donors (Lipinski definition) is 1. The highest BCUT2D eigenvalue weighted by Crippen LogP contribution is 2.31. The van der Waals surface area contributed by atoms with Crippen molar-refractivity contribution in [2.75, 3.05) is 10.8 Å². The van der Waals surface area contributed by atoms with Gasteiger partial charge in [0.25, 0.3) is 10.0 Å². The SMILES string of the molecule is CC[C@@H](C(=O)NC(C)(C)C)N(Cc1ccc(C)cc1)C(=O)CN(c1ccc(Cl)c(Cl)c1)S(=O)(=O)c1ccc(C)cc1. The Bertz CT molecular complexity index is 1490. The van der Waals surface area contributed by atoms with E-state index >= 15 is 0 Å². The molecule has 1 atom stereocenters. The van der Waals surface area contributed by atoms with Gasteiger partial charge in [0.1, 0.15) is 12.6 Å². The minimum absolute atomic E-state index is 0.0181. The van der Waals surface area contributed by atoms with Gasteiger partial charge in [-0.3, -0.25) is 13.9 Å². The van der Waals surface area contributed by atoms with Crippen molar-refractivity contribution in [2.24, 2.45) is 0 Å². The van der Waals surface area contributed by atoms with E-state index in [2.05, 4.69) is 5.32 Å². The van der Waals surface area contributed by atoms with Gasteiger partial charge < -0.3 is 10.2 Å².